The summed E-state index contributed by atoms with van der Waals surface area (Å²) in [6.07, 6.45) is 3.44. The fourth-order valence-electron chi connectivity index (χ4n) is 6.27. The summed E-state index contributed by atoms with van der Waals surface area (Å²) in [6, 6.07) is 17.3. The van der Waals surface area contributed by atoms with Gasteiger partial charge in [0.1, 0.15) is 0 Å². The molecule has 2 unspecified atom stereocenters. The van der Waals surface area contributed by atoms with Crippen LogP contribution in [0.2, 0.25) is 0 Å². The standard InChI is InChI=1S/C31H41N3O4/c1-4-38-28(36)25-22-14-8-9-15-23(22)31(17-19-33-20-18-31)26(25)27(35)24(34-29(37)30(2,3)32)16-10-13-21-11-6-5-7-12-21/h5-9,11-12,14-15,24-26,33H,4,10,13,16-20,32H2,1-3H3,(H,34,37)/t24-,25?,26?/m1/s1. The summed E-state index contributed by atoms with van der Waals surface area (Å²) < 4.78 is 5.54. The van der Waals surface area contributed by atoms with E-state index >= 15 is 0 Å². The first-order chi connectivity index (χ1) is 18.2. The van der Waals surface area contributed by atoms with E-state index in [-0.39, 0.29) is 24.3 Å². The molecule has 204 valence electrons. The highest BCUT2D eigenvalue weighted by Crippen LogP contribution is 2.56. The molecule has 2 aromatic carbocycles. The fourth-order valence-corrected chi connectivity index (χ4v) is 6.27. The predicted molar refractivity (Wildman–Crippen MR) is 148 cm³/mol. The Kier molecular flexibility index (Phi) is 8.68. The number of esters is 1. The summed E-state index contributed by atoms with van der Waals surface area (Å²) in [5.41, 5.74) is 7.60. The molecule has 4 rings (SSSR count). The van der Waals surface area contributed by atoms with Crippen molar-refractivity contribution in [1.82, 2.24) is 10.6 Å². The summed E-state index contributed by atoms with van der Waals surface area (Å²) in [5.74, 6) is -2.17. The van der Waals surface area contributed by atoms with Crippen molar-refractivity contribution in [3.8, 4) is 0 Å². The second kappa shape index (κ2) is 11.8. The molecule has 1 heterocycles. The lowest BCUT2D eigenvalue weighted by molar-refractivity contribution is -0.150. The Morgan fingerprint density at radius 3 is 2.39 bits per heavy atom. The number of nitrogens with one attached hydrogen (secondary N) is 2. The average Bonchev–Trinajstić information content (AvgIpc) is 3.18. The first-order valence-corrected chi connectivity index (χ1v) is 13.8. The van der Waals surface area contributed by atoms with E-state index in [1.165, 1.54) is 5.56 Å². The molecule has 3 atom stereocenters. The maximum atomic E-state index is 14.6. The van der Waals surface area contributed by atoms with E-state index in [0.717, 1.165) is 43.5 Å². The number of carbonyl (C=O) groups excluding carboxylic acids is 3. The predicted octanol–water partition coefficient (Wildman–Crippen LogP) is 3.40. The minimum absolute atomic E-state index is 0.105. The summed E-state index contributed by atoms with van der Waals surface area (Å²) in [6.45, 7) is 6.81. The summed E-state index contributed by atoms with van der Waals surface area (Å²) in [5, 5.41) is 6.39. The van der Waals surface area contributed by atoms with Gasteiger partial charge in [0.15, 0.2) is 5.78 Å². The Labute approximate surface area is 225 Å². The Balaban J connectivity index is 1.71. The van der Waals surface area contributed by atoms with E-state index in [9.17, 15) is 14.4 Å². The van der Waals surface area contributed by atoms with Crippen molar-refractivity contribution in [3.63, 3.8) is 0 Å². The number of aryl methyl sites for hydroxylation is 1. The smallest absolute Gasteiger partial charge is 0.314 e. The van der Waals surface area contributed by atoms with Crippen LogP contribution < -0.4 is 16.4 Å². The van der Waals surface area contributed by atoms with Gasteiger partial charge in [0.25, 0.3) is 0 Å². The van der Waals surface area contributed by atoms with Gasteiger partial charge >= 0.3 is 5.97 Å². The van der Waals surface area contributed by atoms with Crippen molar-refractivity contribution in [2.24, 2.45) is 11.7 Å². The number of carbonyl (C=O) groups is 3. The molecule has 1 aliphatic heterocycles. The number of ketones is 1. The molecule has 7 nitrogen and oxygen atoms in total. The highest BCUT2D eigenvalue weighted by atomic mass is 16.5. The van der Waals surface area contributed by atoms with Crippen LogP contribution in [0.25, 0.3) is 0 Å². The van der Waals surface area contributed by atoms with Crippen LogP contribution in [0.3, 0.4) is 0 Å². The van der Waals surface area contributed by atoms with E-state index < -0.39 is 28.8 Å². The van der Waals surface area contributed by atoms with Crippen molar-refractivity contribution in [2.45, 2.75) is 75.8 Å². The Morgan fingerprint density at radius 1 is 1.08 bits per heavy atom. The summed E-state index contributed by atoms with van der Waals surface area (Å²) in [4.78, 5) is 41.1. The molecule has 7 heteroatoms. The van der Waals surface area contributed by atoms with Gasteiger partial charge in [0.05, 0.1) is 24.1 Å². The van der Waals surface area contributed by atoms with Gasteiger partial charge in [-0.25, -0.2) is 0 Å². The maximum absolute atomic E-state index is 14.6. The molecule has 0 saturated carbocycles. The number of benzene rings is 2. The van der Waals surface area contributed by atoms with Gasteiger partial charge in [-0.1, -0.05) is 54.6 Å². The second-order valence-electron chi connectivity index (χ2n) is 11.2. The number of nitrogens with two attached hydrogens (primary N) is 1. The van der Waals surface area contributed by atoms with Crippen LogP contribution >= 0.6 is 0 Å². The SMILES string of the molecule is CCOC(=O)C1c2ccccc2C2(CCNCC2)C1C(=O)[C@@H](CCCc1ccccc1)NC(=O)C(C)(C)N. The molecular formula is C31H41N3O4. The van der Waals surface area contributed by atoms with Gasteiger partial charge < -0.3 is 21.1 Å². The minimum Gasteiger partial charge on any atom is -0.466 e. The van der Waals surface area contributed by atoms with Crippen LogP contribution in [0.1, 0.15) is 69.1 Å². The van der Waals surface area contributed by atoms with E-state index in [2.05, 4.69) is 28.8 Å². The molecule has 1 amide bonds. The topological polar surface area (TPSA) is 111 Å². The number of ether oxygens (including phenoxy) is 1. The molecule has 2 aromatic rings. The van der Waals surface area contributed by atoms with Gasteiger partial charge in [-0.2, -0.15) is 0 Å². The number of amides is 1. The normalized spacial score (nSPS) is 20.9. The molecule has 1 fully saturated rings. The van der Waals surface area contributed by atoms with Crippen LogP contribution in [0.15, 0.2) is 54.6 Å². The number of Topliss-reactive ketones (excluding diaryl/α,β-unsaturated/α-hetero) is 1. The van der Waals surface area contributed by atoms with Crippen molar-refractivity contribution < 1.29 is 19.1 Å². The van der Waals surface area contributed by atoms with E-state index in [1.807, 2.05) is 36.4 Å². The Bertz CT molecular complexity index is 1140. The third-order valence-corrected chi connectivity index (χ3v) is 8.14. The number of piperidine rings is 1. The van der Waals surface area contributed by atoms with Crippen molar-refractivity contribution in [2.75, 3.05) is 19.7 Å². The molecule has 2 aliphatic rings. The van der Waals surface area contributed by atoms with Gasteiger partial charge in [-0.05, 0) is 82.7 Å². The third-order valence-electron chi connectivity index (χ3n) is 8.14. The van der Waals surface area contributed by atoms with Crippen molar-refractivity contribution in [3.05, 3.63) is 71.3 Å². The van der Waals surface area contributed by atoms with E-state index in [0.29, 0.717) is 12.8 Å². The fraction of sp³-hybridized carbons (Fsp3) is 0.516. The molecule has 38 heavy (non-hydrogen) atoms. The molecule has 4 N–H and O–H groups in total. The van der Waals surface area contributed by atoms with Gasteiger partial charge in [0.2, 0.25) is 5.91 Å². The molecular weight excluding hydrogens is 478 g/mol. The highest BCUT2D eigenvalue weighted by Gasteiger charge is 2.58. The zero-order valence-electron chi connectivity index (χ0n) is 22.8. The zero-order valence-corrected chi connectivity index (χ0v) is 22.8. The molecule has 1 aliphatic carbocycles. The lowest BCUT2D eigenvalue weighted by Gasteiger charge is -2.42. The first-order valence-electron chi connectivity index (χ1n) is 13.8. The van der Waals surface area contributed by atoms with Crippen LogP contribution in [0.4, 0.5) is 0 Å². The van der Waals surface area contributed by atoms with Crippen LogP contribution in [0.5, 0.6) is 0 Å². The second-order valence-corrected chi connectivity index (χ2v) is 11.2. The average molecular weight is 520 g/mol. The van der Waals surface area contributed by atoms with E-state index in [1.54, 1.807) is 20.8 Å². The molecule has 1 spiro atoms. The van der Waals surface area contributed by atoms with E-state index in [4.69, 9.17) is 10.5 Å². The van der Waals surface area contributed by atoms with Crippen LogP contribution in [-0.4, -0.2) is 48.9 Å². The monoisotopic (exact) mass is 519 g/mol. The molecule has 1 saturated heterocycles. The number of fused-ring (bicyclic) bond motifs is 2. The summed E-state index contributed by atoms with van der Waals surface area (Å²) in [7, 11) is 0. The maximum Gasteiger partial charge on any atom is 0.314 e. The Morgan fingerprint density at radius 2 is 1.74 bits per heavy atom. The molecule has 0 aromatic heterocycles. The Hall–Kier alpha value is -3.03. The zero-order chi connectivity index (χ0) is 27.3. The van der Waals surface area contributed by atoms with Crippen molar-refractivity contribution >= 4 is 17.7 Å². The lowest BCUT2D eigenvalue weighted by atomic mass is 9.64. The van der Waals surface area contributed by atoms with Crippen LogP contribution in [-0.2, 0) is 31.0 Å². The number of rotatable bonds is 10. The highest BCUT2D eigenvalue weighted by molar-refractivity contribution is 5.99. The quantitative estimate of drug-likeness (QED) is 0.415. The minimum atomic E-state index is -1.14. The largest absolute Gasteiger partial charge is 0.466 e. The van der Waals surface area contributed by atoms with Gasteiger partial charge in [-0.3, -0.25) is 14.4 Å². The molecule has 0 radical (unpaired) electrons. The van der Waals surface area contributed by atoms with Gasteiger partial charge in [-0.15, -0.1) is 0 Å². The first kappa shape index (κ1) is 28.0. The number of hydrogen-bond acceptors (Lipinski definition) is 6. The lowest BCUT2D eigenvalue weighted by Crippen LogP contribution is -2.57. The van der Waals surface area contributed by atoms with Gasteiger partial charge in [0, 0.05) is 11.3 Å². The molecule has 0 bridgehead atoms. The summed E-state index contributed by atoms with van der Waals surface area (Å²) >= 11 is 0. The number of hydrogen-bond donors (Lipinski definition) is 3. The van der Waals surface area contributed by atoms with Crippen molar-refractivity contribution in [1.29, 1.82) is 0 Å². The third kappa shape index (κ3) is 5.69. The van der Waals surface area contributed by atoms with Crippen LogP contribution in [0, 0.1) is 5.92 Å².